The summed E-state index contributed by atoms with van der Waals surface area (Å²) in [6, 6.07) is 4.74. The normalized spacial score (nSPS) is 25.0. The zero-order chi connectivity index (χ0) is 17.1. The van der Waals surface area contributed by atoms with Crippen LogP contribution in [-0.2, 0) is 11.3 Å². The number of aliphatic hydroxyl groups is 1. The van der Waals surface area contributed by atoms with Gasteiger partial charge in [-0.3, -0.25) is 9.69 Å². The van der Waals surface area contributed by atoms with Crippen LogP contribution in [0, 0.1) is 5.82 Å². The maximum absolute atomic E-state index is 13.8. The fourth-order valence-corrected chi connectivity index (χ4v) is 3.32. The number of methoxy groups -OCH3 is 1. The van der Waals surface area contributed by atoms with Gasteiger partial charge in [0.05, 0.1) is 19.3 Å². The Kier molecular flexibility index (Phi) is 5.33. The Hall–Kier alpha value is -1.70. The molecule has 24 heavy (non-hydrogen) atoms. The molecule has 2 atom stereocenters. The van der Waals surface area contributed by atoms with Crippen LogP contribution in [0.3, 0.4) is 0 Å². The largest absolute Gasteiger partial charge is 0.494 e. The minimum Gasteiger partial charge on any atom is -0.494 e. The van der Waals surface area contributed by atoms with Crippen LogP contribution in [0.15, 0.2) is 18.2 Å². The van der Waals surface area contributed by atoms with Gasteiger partial charge in [-0.1, -0.05) is 6.07 Å². The molecule has 0 bridgehead atoms. The first-order valence-electron chi connectivity index (χ1n) is 8.32. The number of amides is 1. The molecule has 6 nitrogen and oxygen atoms in total. The number of rotatable bonds is 4. The molecule has 2 saturated heterocycles. The van der Waals surface area contributed by atoms with E-state index in [4.69, 9.17) is 4.74 Å². The van der Waals surface area contributed by atoms with Crippen molar-refractivity contribution < 1.29 is 19.0 Å². The lowest BCUT2D eigenvalue weighted by atomic mass is 10.1. The molecule has 2 unspecified atom stereocenters. The van der Waals surface area contributed by atoms with E-state index in [0.717, 1.165) is 18.7 Å². The summed E-state index contributed by atoms with van der Waals surface area (Å²) < 4.78 is 18.7. The molecule has 2 N–H and O–H groups in total. The van der Waals surface area contributed by atoms with Crippen molar-refractivity contribution >= 4 is 5.91 Å². The summed E-state index contributed by atoms with van der Waals surface area (Å²) in [5.74, 6) is -0.0308. The second-order valence-electron chi connectivity index (χ2n) is 6.42. The highest BCUT2D eigenvalue weighted by atomic mass is 19.1. The lowest BCUT2D eigenvalue weighted by molar-refractivity contribution is -0.135. The van der Waals surface area contributed by atoms with E-state index in [1.807, 2.05) is 11.0 Å². The standard InChI is InChI=1S/C17H24FN3O3/c1-24-16-3-2-12(8-14(16)18)11-20-4-6-21(7-5-20)17(23)15-9-13(22)10-19-15/h2-3,8,13,15,19,22H,4-7,9-11H2,1H3. The number of nitrogens with zero attached hydrogens (tertiary/aromatic N) is 2. The Morgan fingerprint density at radius 1 is 1.38 bits per heavy atom. The van der Waals surface area contributed by atoms with Crippen molar-refractivity contribution in [1.29, 1.82) is 0 Å². The molecule has 2 aliphatic rings. The van der Waals surface area contributed by atoms with Crippen molar-refractivity contribution in [1.82, 2.24) is 15.1 Å². The highest BCUT2D eigenvalue weighted by molar-refractivity contribution is 5.82. The van der Waals surface area contributed by atoms with Gasteiger partial charge in [0.2, 0.25) is 5.91 Å². The molecule has 132 valence electrons. The summed E-state index contributed by atoms with van der Waals surface area (Å²) in [7, 11) is 1.45. The summed E-state index contributed by atoms with van der Waals surface area (Å²) in [6.07, 6.45) is 0.0645. The number of carbonyl (C=O) groups excluding carboxylic acids is 1. The summed E-state index contributed by atoms with van der Waals surface area (Å²) in [5.41, 5.74) is 0.897. The molecule has 2 aliphatic heterocycles. The topological polar surface area (TPSA) is 65.0 Å². The van der Waals surface area contributed by atoms with Gasteiger partial charge < -0.3 is 20.1 Å². The van der Waals surface area contributed by atoms with Crippen molar-refractivity contribution in [2.75, 3.05) is 39.8 Å². The number of carbonyl (C=O) groups is 1. The van der Waals surface area contributed by atoms with Gasteiger partial charge in [0.1, 0.15) is 0 Å². The van der Waals surface area contributed by atoms with Crippen LogP contribution in [0.5, 0.6) is 5.75 Å². The quantitative estimate of drug-likeness (QED) is 0.822. The summed E-state index contributed by atoms with van der Waals surface area (Å²) in [5, 5.41) is 12.6. The maximum Gasteiger partial charge on any atom is 0.239 e. The van der Waals surface area contributed by atoms with E-state index in [9.17, 15) is 14.3 Å². The molecule has 2 fully saturated rings. The van der Waals surface area contributed by atoms with E-state index in [-0.39, 0.29) is 23.5 Å². The van der Waals surface area contributed by atoms with Crippen LogP contribution in [0.25, 0.3) is 0 Å². The monoisotopic (exact) mass is 337 g/mol. The van der Waals surface area contributed by atoms with Crippen LogP contribution in [0.1, 0.15) is 12.0 Å². The lowest BCUT2D eigenvalue weighted by Gasteiger charge is -2.36. The average molecular weight is 337 g/mol. The maximum atomic E-state index is 13.8. The number of hydrogen-bond donors (Lipinski definition) is 2. The third-order valence-electron chi connectivity index (χ3n) is 4.71. The van der Waals surface area contributed by atoms with Gasteiger partial charge in [-0.25, -0.2) is 4.39 Å². The third-order valence-corrected chi connectivity index (χ3v) is 4.71. The molecule has 1 aromatic rings. The summed E-state index contributed by atoms with van der Waals surface area (Å²) in [6.45, 7) is 3.98. The first kappa shape index (κ1) is 17.1. The van der Waals surface area contributed by atoms with Crippen LogP contribution in [0.4, 0.5) is 4.39 Å². The molecule has 1 amide bonds. The van der Waals surface area contributed by atoms with Gasteiger partial charge in [-0.15, -0.1) is 0 Å². The predicted molar refractivity (Wildman–Crippen MR) is 87.2 cm³/mol. The minimum absolute atomic E-state index is 0.0710. The van der Waals surface area contributed by atoms with E-state index in [2.05, 4.69) is 10.2 Å². The van der Waals surface area contributed by atoms with E-state index in [1.165, 1.54) is 13.2 Å². The zero-order valence-corrected chi connectivity index (χ0v) is 13.9. The smallest absolute Gasteiger partial charge is 0.239 e. The molecule has 0 radical (unpaired) electrons. The first-order chi connectivity index (χ1) is 11.6. The van der Waals surface area contributed by atoms with E-state index < -0.39 is 6.10 Å². The minimum atomic E-state index is -0.426. The van der Waals surface area contributed by atoms with Crippen molar-refractivity contribution in [3.63, 3.8) is 0 Å². The number of aliphatic hydroxyl groups excluding tert-OH is 1. The number of β-amino-alcohol motifs (C(OH)–C–C–N with tert-alkyl or cyclic N) is 1. The number of benzene rings is 1. The number of nitrogens with one attached hydrogen (secondary N) is 1. The Labute approximate surface area is 141 Å². The van der Waals surface area contributed by atoms with Crippen molar-refractivity contribution in [2.45, 2.75) is 25.1 Å². The zero-order valence-electron chi connectivity index (χ0n) is 13.9. The molecule has 0 aliphatic carbocycles. The van der Waals surface area contributed by atoms with Crippen LogP contribution < -0.4 is 10.1 Å². The van der Waals surface area contributed by atoms with Gasteiger partial charge in [0.25, 0.3) is 0 Å². The fourth-order valence-electron chi connectivity index (χ4n) is 3.32. The van der Waals surface area contributed by atoms with Gasteiger partial charge in [-0.2, -0.15) is 0 Å². The van der Waals surface area contributed by atoms with Crippen molar-refractivity contribution in [2.24, 2.45) is 0 Å². The van der Waals surface area contributed by atoms with Crippen molar-refractivity contribution in [3.05, 3.63) is 29.6 Å². The third kappa shape index (κ3) is 3.85. The summed E-state index contributed by atoms with van der Waals surface area (Å²) in [4.78, 5) is 16.5. The SMILES string of the molecule is COc1ccc(CN2CCN(C(=O)C3CC(O)CN3)CC2)cc1F. The van der Waals surface area contributed by atoms with Gasteiger partial charge in [0.15, 0.2) is 11.6 Å². The van der Waals surface area contributed by atoms with Gasteiger partial charge in [0, 0.05) is 39.3 Å². The Bertz CT molecular complexity index is 590. The number of halogens is 1. The molecule has 0 aromatic heterocycles. The molecule has 7 heteroatoms. The predicted octanol–water partition coefficient (Wildman–Crippen LogP) is 0.201. The number of ether oxygens (including phenoxy) is 1. The number of piperazine rings is 1. The van der Waals surface area contributed by atoms with Crippen LogP contribution in [0.2, 0.25) is 0 Å². The van der Waals surface area contributed by atoms with Crippen LogP contribution >= 0.6 is 0 Å². The van der Waals surface area contributed by atoms with Crippen molar-refractivity contribution in [3.8, 4) is 5.75 Å². The molecule has 0 spiro atoms. The molecule has 0 saturated carbocycles. The van der Waals surface area contributed by atoms with E-state index >= 15 is 0 Å². The van der Waals surface area contributed by atoms with E-state index in [1.54, 1.807) is 6.07 Å². The Morgan fingerprint density at radius 3 is 2.71 bits per heavy atom. The second kappa shape index (κ2) is 7.46. The van der Waals surface area contributed by atoms with Crippen LogP contribution in [-0.4, -0.2) is 72.8 Å². The molecule has 3 rings (SSSR count). The molecule has 2 heterocycles. The molecular formula is C17H24FN3O3. The van der Waals surface area contributed by atoms with Gasteiger partial charge in [-0.05, 0) is 24.1 Å². The average Bonchev–Trinajstić information content (AvgIpc) is 3.02. The highest BCUT2D eigenvalue weighted by Crippen LogP contribution is 2.19. The second-order valence-corrected chi connectivity index (χ2v) is 6.42. The Morgan fingerprint density at radius 2 is 2.12 bits per heavy atom. The summed E-state index contributed by atoms with van der Waals surface area (Å²) >= 11 is 0. The first-order valence-corrected chi connectivity index (χ1v) is 8.32. The molecule has 1 aromatic carbocycles. The molecular weight excluding hydrogens is 313 g/mol. The number of hydrogen-bond acceptors (Lipinski definition) is 5. The fraction of sp³-hybridized carbons (Fsp3) is 0.588. The van der Waals surface area contributed by atoms with E-state index in [0.29, 0.717) is 32.6 Å². The lowest BCUT2D eigenvalue weighted by Crippen LogP contribution is -2.52. The Balaban J connectivity index is 1.50. The van der Waals surface area contributed by atoms with Gasteiger partial charge >= 0.3 is 0 Å². The highest BCUT2D eigenvalue weighted by Gasteiger charge is 2.32.